The van der Waals surface area contributed by atoms with E-state index in [1.807, 2.05) is 0 Å². The number of nitrogens with zero attached hydrogens (tertiary/aromatic N) is 2. The molecule has 2 aliphatic carbocycles. The number of piperidine rings is 1. The van der Waals surface area contributed by atoms with Crippen molar-refractivity contribution in [2.45, 2.75) is 43.2 Å². The molecule has 2 aliphatic heterocycles. The van der Waals surface area contributed by atoms with Gasteiger partial charge in [-0.3, -0.25) is 9.78 Å². The fourth-order valence-electron chi connectivity index (χ4n) is 5.36. The van der Waals surface area contributed by atoms with Crippen LogP contribution in [-0.4, -0.2) is 46.5 Å². The lowest BCUT2D eigenvalue weighted by Gasteiger charge is -2.56. The third-order valence-corrected chi connectivity index (χ3v) is 6.23. The Hall–Kier alpha value is -1.62. The van der Waals surface area contributed by atoms with Crippen LogP contribution in [0.1, 0.15) is 30.5 Å². The Balaban J connectivity index is 1.83. The molecule has 1 aromatic heterocycles. The number of carbonyl (C=O) groups excluding carboxylic acids is 1. The maximum atomic E-state index is 12.5. The zero-order valence-corrected chi connectivity index (χ0v) is 12.0. The molecule has 1 saturated carbocycles. The van der Waals surface area contributed by atoms with Gasteiger partial charge in [-0.25, -0.2) is 0 Å². The van der Waals surface area contributed by atoms with Gasteiger partial charge in [-0.2, -0.15) is 0 Å². The molecular formula is C16H18N2O3. The van der Waals surface area contributed by atoms with Crippen molar-refractivity contribution in [3.8, 4) is 11.5 Å². The molecule has 21 heavy (non-hydrogen) atoms. The minimum absolute atomic E-state index is 0.0847. The van der Waals surface area contributed by atoms with E-state index < -0.39 is 6.10 Å². The second kappa shape index (κ2) is 3.58. The number of hydrogen-bond donors (Lipinski definition) is 1. The summed E-state index contributed by atoms with van der Waals surface area (Å²) >= 11 is 0. The number of rotatable bonds is 0. The first-order valence-corrected chi connectivity index (χ1v) is 7.74. The van der Waals surface area contributed by atoms with Gasteiger partial charge in [-0.05, 0) is 32.4 Å². The van der Waals surface area contributed by atoms with Crippen LogP contribution in [0.2, 0.25) is 0 Å². The number of likely N-dealkylation sites (N-methyl/N-ethyl adjacent to an activating group) is 1. The standard InChI is InChI=1S/C16H18N2O3/c1-18-5-4-16-8-2-3-11(19)15(16)21-14-12(20)7-17-9(13(14)16)6-10(8)18/h7-8,10,15,20H,2-6H2,1H3/t8-,10+,15-,16-/m0/s1. The van der Waals surface area contributed by atoms with Gasteiger partial charge in [-0.15, -0.1) is 0 Å². The van der Waals surface area contributed by atoms with Crippen molar-refractivity contribution in [2.24, 2.45) is 5.92 Å². The van der Waals surface area contributed by atoms with E-state index in [1.165, 1.54) is 6.20 Å². The summed E-state index contributed by atoms with van der Waals surface area (Å²) in [6.07, 6.45) is 4.42. The summed E-state index contributed by atoms with van der Waals surface area (Å²) in [7, 11) is 2.17. The molecule has 0 amide bonds. The number of pyridine rings is 1. The molecule has 1 N–H and O–H groups in total. The van der Waals surface area contributed by atoms with Gasteiger partial charge in [-0.1, -0.05) is 0 Å². The van der Waals surface area contributed by atoms with Crippen LogP contribution in [0.15, 0.2) is 6.20 Å². The lowest BCUT2D eigenvalue weighted by molar-refractivity contribution is -0.138. The monoisotopic (exact) mass is 286 g/mol. The van der Waals surface area contributed by atoms with Crippen LogP contribution in [-0.2, 0) is 16.6 Å². The summed E-state index contributed by atoms with van der Waals surface area (Å²) in [6, 6.07) is 0.438. The van der Waals surface area contributed by atoms with Crippen LogP contribution in [0, 0.1) is 5.92 Å². The van der Waals surface area contributed by atoms with Gasteiger partial charge in [0, 0.05) is 30.1 Å². The molecule has 5 rings (SSSR count). The Morgan fingerprint density at radius 3 is 3.24 bits per heavy atom. The molecule has 1 aromatic rings. The van der Waals surface area contributed by atoms with Gasteiger partial charge in [0.05, 0.1) is 11.6 Å². The molecule has 4 atom stereocenters. The van der Waals surface area contributed by atoms with Crippen molar-refractivity contribution >= 4 is 5.78 Å². The second-order valence-electron chi connectivity index (χ2n) is 6.95. The molecule has 5 nitrogen and oxygen atoms in total. The molecule has 110 valence electrons. The summed E-state index contributed by atoms with van der Waals surface area (Å²) in [5, 5.41) is 10.1. The van der Waals surface area contributed by atoms with Gasteiger partial charge < -0.3 is 14.7 Å². The number of Topliss-reactive ketones (excluding diaryl/α,β-unsaturated/α-hetero) is 1. The molecule has 0 radical (unpaired) electrons. The molecule has 5 heteroatoms. The smallest absolute Gasteiger partial charge is 0.176 e. The number of aromatic hydroxyl groups is 1. The van der Waals surface area contributed by atoms with Crippen molar-refractivity contribution in [2.75, 3.05) is 13.6 Å². The van der Waals surface area contributed by atoms with Gasteiger partial charge in [0.25, 0.3) is 0 Å². The zero-order chi connectivity index (χ0) is 14.4. The fraction of sp³-hybridized carbons (Fsp3) is 0.625. The SMILES string of the molecule is CN1CC[C@]23c4c5ncc(O)c4O[C@H]2C(=O)CC[C@H]3[C@H]1C5. The Morgan fingerprint density at radius 2 is 2.38 bits per heavy atom. The van der Waals surface area contributed by atoms with Crippen LogP contribution in [0.4, 0.5) is 0 Å². The van der Waals surface area contributed by atoms with E-state index in [1.54, 1.807) is 0 Å². The average Bonchev–Trinajstić information content (AvgIpc) is 2.83. The van der Waals surface area contributed by atoms with E-state index >= 15 is 0 Å². The first kappa shape index (κ1) is 12.0. The highest BCUT2D eigenvalue weighted by Gasteiger charge is 2.65. The number of hydrogen-bond acceptors (Lipinski definition) is 5. The van der Waals surface area contributed by atoms with Crippen molar-refractivity contribution in [1.82, 2.24) is 9.88 Å². The molecule has 0 unspecified atom stereocenters. The zero-order valence-electron chi connectivity index (χ0n) is 12.0. The number of aromatic nitrogens is 1. The number of ketones is 1. The van der Waals surface area contributed by atoms with Crippen LogP contribution in [0.5, 0.6) is 11.5 Å². The molecule has 4 aliphatic rings. The second-order valence-corrected chi connectivity index (χ2v) is 6.95. The van der Waals surface area contributed by atoms with E-state index in [0.29, 0.717) is 24.1 Å². The number of carbonyl (C=O) groups is 1. The molecule has 3 heterocycles. The molecular weight excluding hydrogens is 268 g/mol. The lowest BCUT2D eigenvalue weighted by Crippen LogP contribution is -2.65. The Kier molecular flexibility index (Phi) is 2.04. The van der Waals surface area contributed by atoms with Crippen LogP contribution in [0.3, 0.4) is 0 Å². The maximum Gasteiger partial charge on any atom is 0.176 e. The highest BCUT2D eigenvalue weighted by Crippen LogP contribution is 2.62. The molecule has 1 spiro atoms. The summed E-state index contributed by atoms with van der Waals surface area (Å²) in [5.74, 6) is 1.25. The van der Waals surface area contributed by atoms with Gasteiger partial charge >= 0.3 is 0 Å². The quantitative estimate of drug-likeness (QED) is 0.771. The molecule has 2 bridgehead atoms. The molecule has 1 saturated heterocycles. The van der Waals surface area contributed by atoms with Crippen molar-refractivity contribution in [3.63, 3.8) is 0 Å². The Bertz CT molecular complexity index is 674. The van der Waals surface area contributed by atoms with E-state index in [2.05, 4.69) is 16.9 Å². The summed E-state index contributed by atoms with van der Waals surface area (Å²) in [4.78, 5) is 19.4. The predicted octanol–water partition coefficient (Wildman–Crippen LogP) is 1.03. The van der Waals surface area contributed by atoms with Crippen LogP contribution < -0.4 is 4.74 Å². The Labute approximate surface area is 122 Å². The normalized spacial score (nSPS) is 39.9. The highest BCUT2D eigenvalue weighted by atomic mass is 16.5. The fourth-order valence-corrected chi connectivity index (χ4v) is 5.36. The van der Waals surface area contributed by atoms with Crippen molar-refractivity contribution in [1.29, 1.82) is 0 Å². The van der Waals surface area contributed by atoms with Crippen LogP contribution >= 0.6 is 0 Å². The minimum Gasteiger partial charge on any atom is -0.503 e. The predicted molar refractivity (Wildman–Crippen MR) is 74.5 cm³/mol. The number of likely N-dealkylation sites (tertiary alicyclic amines) is 1. The maximum absolute atomic E-state index is 12.5. The molecule has 0 aromatic carbocycles. The third kappa shape index (κ3) is 1.19. The van der Waals surface area contributed by atoms with Crippen LogP contribution in [0.25, 0.3) is 0 Å². The third-order valence-electron chi connectivity index (χ3n) is 6.23. The van der Waals surface area contributed by atoms with Gasteiger partial charge in [0.15, 0.2) is 23.4 Å². The lowest BCUT2D eigenvalue weighted by atomic mass is 9.52. The van der Waals surface area contributed by atoms with E-state index in [9.17, 15) is 9.90 Å². The van der Waals surface area contributed by atoms with Gasteiger partial charge in [0.1, 0.15) is 0 Å². The molecule has 2 fully saturated rings. The highest BCUT2D eigenvalue weighted by molar-refractivity contribution is 5.89. The number of ether oxygens (including phenoxy) is 1. The topological polar surface area (TPSA) is 62.7 Å². The minimum atomic E-state index is -0.406. The first-order valence-electron chi connectivity index (χ1n) is 7.74. The summed E-state index contributed by atoms with van der Waals surface area (Å²) in [6.45, 7) is 0.975. The largest absolute Gasteiger partial charge is 0.503 e. The first-order chi connectivity index (χ1) is 10.1. The van der Waals surface area contributed by atoms with E-state index in [-0.39, 0.29) is 16.9 Å². The van der Waals surface area contributed by atoms with E-state index in [0.717, 1.165) is 37.1 Å². The van der Waals surface area contributed by atoms with Crippen molar-refractivity contribution < 1.29 is 14.6 Å². The summed E-state index contributed by atoms with van der Waals surface area (Å²) in [5.41, 5.74) is 1.84. The van der Waals surface area contributed by atoms with Crippen molar-refractivity contribution in [3.05, 3.63) is 17.5 Å². The summed E-state index contributed by atoms with van der Waals surface area (Å²) < 4.78 is 6.00. The average molecular weight is 286 g/mol. The van der Waals surface area contributed by atoms with E-state index in [4.69, 9.17) is 4.74 Å². The van der Waals surface area contributed by atoms with Gasteiger partial charge in [0.2, 0.25) is 0 Å². The Morgan fingerprint density at radius 1 is 1.52 bits per heavy atom.